The molecule has 0 unspecified atom stereocenters. The third-order valence-electron chi connectivity index (χ3n) is 1.95. The van der Waals surface area contributed by atoms with E-state index in [0.717, 1.165) is 0 Å². The van der Waals surface area contributed by atoms with E-state index in [1.165, 1.54) is 19.2 Å². The summed E-state index contributed by atoms with van der Waals surface area (Å²) in [6, 6.07) is 4.46. The predicted octanol–water partition coefficient (Wildman–Crippen LogP) is 2.09. The molecule has 0 atom stereocenters. The number of rotatable bonds is 3. The van der Waals surface area contributed by atoms with Gasteiger partial charge in [0.15, 0.2) is 0 Å². The van der Waals surface area contributed by atoms with E-state index >= 15 is 0 Å². The van der Waals surface area contributed by atoms with Crippen LogP contribution in [0.1, 0.15) is 11.1 Å². The number of aliphatic hydroxyl groups excluding tert-OH is 1. The van der Waals surface area contributed by atoms with Crippen LogP contribution in [0.3, 0.4) is 0 Å². The number of benzene rings is 1. The number of methoxy groups -OCH3 is 1. The maximum absolute atomic E-state index is 13.2. The van der Waals surface area contributed by atoms with Crippen molar-refractivity contribution >= 4 is 0 Å². The molecule has 78 valence electrons. The van der Waals surface area contributed by atoms with Crippen LogP contribution in [0.25, 0.3) is 0 Å². The maximum atomic E-state index is 13.2. The third kappa shape index (κ3) is 2.01. The van der Waals surface area contributed by atoms with Gasteiger partial charge in [-0.1, -0.05) is 11.6 Å². The highest BCUT2D eigenvalue weighted by molar-refractivity contribution is 5.39. The Balaban J connectivity index is 3.23. The first-order chi connectivity index (χ1) is 6.51. The summed E-state index contributed by atoms with van der Waals surface area (Å²) in [5.74, 6) is -3.16. The molecule has 0 saturated carbocycles. The Morgan fingerprint density at radius 1 is 1.43 bits per heavy atom. The van der Waals surface area contributed by atoms with E-state index in [4.69, 9.17) is 9.84 Å². The van der Waals surface area contributed by atoms with E-state index in [1.807, 2.05) is 0 Å². The molecular weight excluding hydrogens is 190 g/mol. The zero-order valence-corrected chi connectivity index (χ0v) is 8.05. The van der Waals surface area contributed by atoms with E-state index in [0.29, 0.717) is 5.56 Å². The fraction of sp³-hybridized carbons (Fsp3) is 0.400. The van der Waals surface area contributed by atoms with Crippen molar-refractivity contribution in [3.63, 3.8) is 0 Å². The van der Waals surface area contributed by atoms with Gasteiger partial charge in [-0.15, -0.1) is 0 Å². The lowest BCUT2D eigenvalue weighted by atomic mass is 10.1. The molecule has 4 heteroatoms. The van der Waals surface area contributed by atoms with Crippen LogP contribution in [0.4, 0.5) is 8.78 Å². The van der Waals surface area contributed by atoms with Gasteiger partial charge in [-0.3, -0.25) is 0 Å². The van der Waals surface area contributed by atoms with Gasteiger partial charge >= 0.3 is 0 Å². The molecule has 0 aliphatic heterocycles. The molecule has 0 aliphatic carbocycles. The fourth-order valence-electron chi connectivity index (χ4n) is 1.19. The largest absolute Gasteiger partial charge is 0.496 e. The summed E-state index contributed by atoms with van der Waals surface area (Å²) >= 11 is 0. The van der Waals surface area contributed by atoms with Crippen LogP contribution >= 0.6 is 0 Å². The van der Waals surface area contributed by atoms with Crippen LogP contribution < -0.4 is 4.74 Å². The minimum absolute atomic E-state index is 0.0923. The molecule has 2 nitrogen and oxygen atoms in total. The normalized spacial score (nSPS) is 11.5. The summed E-state index contributed by atoms with van der Waals surface area (Å²) in [5, 5.41) is 8.55. The Hall–Kier alpha value is -1.16. The van der Waals surface area contributed by atoms with Gasteiger partial charge in [0.2, 0.25) is 0 Å². The molecule has 0 bridgehead atoms. The molecule has 0 heterocycles. The van der Waals surface area contributed by atoms with Gasteiger partial charge in [-0.05, 0) is 19.1 Å². The number of alkyl halides is 2. The minimum atomic E-state index is -3.25. The van der Waals surface area contributed by atoms with Crippen LogP contribution in [-0.4, -0.2) is 18.8 Å². The Morgan fingerprint density at radius 2 is 2.07 bits per heavy atom. The smallest absolute Gasteiger partial charge is 0.299 e. The van der Waals surface area contributed by atoms with E-state index in [1.54, 1.807) is 13.0 Å². The number of hydrogen-bond acceptors (Lipinski definition) is 2. The lowest BCUT2D eigenvalue weighted by molar-refractivity contribution is -0.0571. The molecular formula is C10H12F2O2. The molecule has 0 aliphatic rings. The van der Waals surface area contributed by atoms with Crippen molar-refractivity contribution in [1.82, 2.24) is 0 Å². The van der Waals surface area contributed by atoms with Gasteiger partial charge in [0.05, 0.1) is 12.7 Å². The standard InChI is InChI=1S/C10H12F2O2/c1-7-3-4-9(14-2)8(5-7)10(11,12)6-13/h3-5,13H,6H2,1-2H3. The summed E-state index contributed by atoms with van der Waals surface area (Å²) < 4.78 is 31.2. The van der Waals surface area contributed by atoms with Crippen LogP contribution in [0.2, 0.25) is 0 Å². The summed E-state index contributed by atoms with van der Waals surface area (Å²) in [5.41, 5.74) is 0.427. The highest BCUT2D eigenvalue weighted by Gasteiger charge is 2.33. The van der Waals surface area contributed by atoms with Gasteiger partial charge in [0.25, 0.3) is 5.92 Å². The topological polar surface area (TPSA) is 29.5 Å². The van der Waals surface area contributed by atoms with Gasteiger partial charge in [0.1, 0.15) is 12.4 Å². The SMILES string of the molecule is COc1ccc(C)cc1C(F)(F)CO. The monoisotopic (exact) mass is 202 g/mol. The number of aliphatic hydroxyl groups is 1. The molecule has 0 saturated heterocycles. The highest BCUT2D eigenvalue weighted by Crippen LogP contribution is 2.34. The van der Waals surface area contributed by atoms with Crippen LogP contribution in [0.5, 0.6) is 5.75 Å². The maximum Gasteiger partial charge on any atom is 0.299 e. The van der Waals surface area contributed by atoms with Gasteiger partial charge in [-0.2, -0.15) is 8.78 Å². The first kappa shape index (κ1) is 10.9. The first-order valence-corrected chi connectivity index (χ1v) is 4.15. The summed E-state index contributed by atoms with van der Waals surface area (Å²) in [7, 11) is 1.32. The van der Waals surface area contributed by atoms with Gasteiger partial charge in [0, 0.05) is 0 Å². The summed E-state index contributed by atoms with van der Waals surface area (Å²) in [6.45, 7) is 0.489. The third-order valence-corrected chi connectivity index (χ3v) is 1.95. The number of halogens is 2. The Labute approximate surface area is 81.1 Å². The average molecular weight is 202 g/mol. The van der Waals surface area contributed by atoms with Crippen LogP contribution in [0, 0.1) is 6.92 Å². The Kier molecular flexibility index (Phi) is 3.06. The van der Waals surface area contributed by atoms with Crippen LogP contribution in [-0.2, 0) is 5.92 Å². The van der Waals surface area contributed by atoms with E-state index < -0.39 is 12.5 Å². The second kappa shape index (κ2) is 3.92. The van der Waals surface area contributed by atoms with Crippen molar-refractivity contribution in [2.75, 3.05) is 13.7 Å². The number of aryl methyl sites for hydroxylation is 1. The molecule has 0 amide bonds. The second-order valence-electron chi connectivity index (χ2n) is 3.07. The zero-order chi connectivity index (χ0) is 10.8. The summed E-state index contributed by atoms with van der Waals surface area (Å²) in [4.78, 5) is 0. The fourth-order valence-corrected chi connectivity index (χ4v) is 1.19. The van der Waals surface area contributed by atoms with Crippen molar-refractivity contribution in [3.8, 4) is 5.75 Å². The van der Waals surface area contributed by atoms with E-state index in [-0.39, 0.29) is 11.3 Å². The van der Waals surface area contributed by atoms with Crippen molar-refractivity contribution in [2.45, 2.75) is 12.8 Å². The Morgan fingerprint density at radius 3 is 2.57 bits per heavy atom. The molecule has 1 aromatic carbocycles. The molecule has 14 heavy (non-hydrogen) atoms. The van der Waals surface area contributed by atoms with Crippen molar-refractivity contribution in [3.05, 3.63) is 29.3 Å². The van der Waals surface area contributed by atoms with Gasteiger partial charge < -0.3 is 9.84 Å². The van der Waals surface area contributed by atoms with Crippen molar-refractivity contribution < 1.29 is 18.6 Å². The second-order valence-corrected chi connectivity index (χ2v) is 3.07. The van der Waals surface area contributed by atoms with Gasteiger partial charge in [-0.25, -0.2) is 0 Å². The lowest BCUT2D eigenvalue weighted by Crippen LogP contribution is -2.19. The molecule has 0 radical (unpaired) electrons. The quantitative estimate of drug-likeness (QED) is 0.813. The first-order valence-electron chi connectivity index (χ1n) is 4.15. The Bertz CT molecular complexity index is 324. The molecule has 0 spiro atoms. The lowest BCUT2D eigenvalue weighted by Gasteiger charge is -2.17. The van der Waals surface area contributed by atoms with E-state index in [2.05, 4.69) is 0 Å². The number of hydrogen-bond donors (Lipinski definition) is 1. The minimum Gasteiger partial charge on any atom is -0.496 e. The predicted molar refractivity (Wildman–Crippen MR) is 48.7 cm³/mol. The van der Waals surface area contributed by atoms with Crippen LogP contribution in [0.15, 0.2) is 18.2 Å². The highest BCUT2D eigenvalue weighted by atomic mass is 19.3. The molecule has 0 fully saturated rings. The number of ether oxygens (including phenoxy) is 1. The molecule has 1 N–H and O–H groups in total. The molecule has 0 aromatic heterocycles. The van der Waals surface area contributed by atoms with E-state index in [9.17, 15) is 8.78 Å². The van der Waals surface area contributed by atoms with Crippen molar-refractivity contribution in [1.29, 1.82) is 0 Å². The van der Waals surface area contributed by atoms with Crippen molar-refractivity contribution in [2.24, 2.45) is 0 Å². The molecule has 1 aromatic rings. The summed E-state index contributed by atoms with van der Waals surface area (Å²) in [6.07, 6.45) is 0. The zero-order valence-electron chi connectivity index (χ0n) is 8.05. The average Bonchev–Trinajstić information content (AvgIpc) is 2.18. The molecule has 1 rings (SSSR count).